The summed E-state index contributed by atoms with van der Waals surface area (Å²) in [5.41, 5.74) is 2.79. The van der Waals surface area contributed by atoms with Gasteiger partial charge in [-0.15, -0.1) is 10.2 Å². The van der Waals surface area contributed by atoms with Crippen molar-refractivity contribution in [3.63, 3.8) is 0 Å². The quantitative estimate of drug-likeness (QED) is 0.0505. The van der Waals surface area contributed by atoms with Gasteiger partial charge in [-0.25, -0.2) is 9.59 Å². The van der Waals surface area contributed by atoms with Gasteiger partial charge in [-0.1, -0.05) is 65.8 Å². The lowest BCUT2D eigenvalue weighted by molar-refractivity contribution is -0.151. The summed E-state index contributed by atoms with van der Waals surface area (Å²) in [7, 11) is 0. The number of rotatable bonds is 25. The number of hydrogen-bond acceptors (Lipinski definition) is 14. The van der Waals surface area contributed by atoms with Gasteiger partial charge in [0, 0.05) is 68.7 Å². The highest BCUT2D eigenvalue weighted by Crippen LogP contribution is 2.26. The Balaban J connectivity index is 1.40. The largest absolute Gasteiger partial charge is 0.506 e. The Morgan fingerprint density at radius 3 is 1.65 bits per heavy atom. The number of amides is 2. The van der Waals surface area contributed by atoms with E-state index in [2.05, 4.69) is 77.8 Å². The van der Waals surface area contributed by atoms with E-state index >= 15 is 0 Å². The molecule has 3 rings (SSSR count). The Bertz CT molecular complexity index is 1840. The molecule has 60 heavy (non-hydrogen) atoms. The first kappa shape index (κ1) is 47.4. The second kappa shape index (κ2) is 24.1. The third-order valence-corrected chi connectivity index (χ3v) is 9.42. The Hall–Kier alpha value is -5.29. The van der Waals surface area contributed by atoms with Crippen LogP contribution in [0.3, 0.4) is 0 Å². The molecule has 2 amide bonds. The molecule has 3 aromatic rings. The van der Waals surface area contributed by atoms with Crippen LogP contribution in [0.2, 0.25) is 0 Å². The fourth-order valence-electron chi connectivity index (χ4n) is 5.91. The molecule has 0 spiro atoms. The van der Waals surface area contributed by atoms with Gasteiger partial charge in [0.15, 0.2) is 0 Å². The van der Waals surface area contributed by atoms with Gasteiger partial charge in [0.05, 0.1) is 42.1 Å². The predicted molar refractivity (Wildman–Crippen MR) is 221 cm³/mol. The van der Waals surface area contributed by atoms with Gasteiger partial charge in [0.2, 0.25) is 0 Å². The van der Waals surface area contributed by atoms with Crippen molar-refractivity contribution in [1.82, 2.24) is 45.6 Å². The zero-order valence-corrected chi connectivity index (χ0v) is 37.0. The fourth-order valence-corrected chi connectivity index (χ4v) is 5.91. The van der Waals surface area contributed by atoms with Crippen LogP contribution in [-0.4, -0.2) is 91.9 Å². The van der Waals surface area contributed by atoms with E-state index in [-0.39, 0.29) is 42.6 Å². The second-order valence-corrected chi connectivity index (χ2v) is 17.7. The van der Waals surface area contributed by atoms with E-state index in [1.807, 2.05) is 0 Å². The van der Waals surface area contributed by atoms with Crippen molar-refractivity contribution in [2.45, 2.75) is 140 Å². The summed E-state index contributed by atoms with van der Waals surface area (Å²) < 4.78 is 32.7. The first-order valence-electron chi connectivity index (χ1n) is 21.3. The van der Waals surface area contributed by atoms with Crippen LogP contribution in [0.5, 0.6) is 5.75 Å². The fraction of sp³-hybridized carbons (Fsp3) is 0.690. The van der Waals surface area contributed by atoms with Gasteiger partial charge in [-0.3, -0.25) is 23.9 Å². The number of nitrogens with one attached hydrogen (secondary N) is 2. The number of nitrogens with zero attached hydrogens (tertiary/aromatic N) is 7. The van der Waals surface area contributed by atoms with Gasteiger partial charge in [-0.2, -0.15) is 0 Å². The lowest BCUT2D eigenvalue weighted by Gasteiger charge is -2.17. The molecule has 334 valence electrons. The maximum Gasteiger partial charge on any atom is 0.407 e. The minimum Gasteiger partial charge on any atom is -0.506 e. The SMILES string of the molecule is [2H]Oc1c(C)ncc(COC(=O)C(C)Cc2cn(CCCNC(=O)OCCCC(C)(C)C)nn2)c1COC(=O)C(C)Cc1cn(CCCNC(=O)OCCCC(C)(C)C)nn1. The first-order valence-corrected chi connectivity index (χ1v) is 20.9. The van der Waals surface area contributed by atoms with Gasteiger partial charge < -0.3 is 34.7 Å². The Labute approximate surface area is 355 Å². The van der Waals surface area contributed by atoms with E-state index in [1.165, 1.54) is 6.20 Å². The second-order valence-electron chi connectivity index (χ2n) is 17.7. The zero-order valence-electron chi connectivity index (χ0n) is 38.0. The molecule has 18 nitrogen and oxygen atoms in total. The smallest absolute Gasteiger partial charge is 0.407 e. The monoisotopic (exact) mass is 843 g/mol. The molecule has 3 N–H and O–H groups in total. The van der Waals surface area contributed by atoms with E-state index in [1.54, 1.807) is 42.5 Å². The van der Waals surface area contributed by atoms with Crippen LogP contribution >= 0.6 is 0 Å². The van der Waals surface area contributed by atoms with Crippen LogP contribution in [0.4, 0.5) is 9.59 Å². The van der Waals surface area contributed by atoms with Crippen molar-refractivity contribution >= 4 is 24.1 Å². The van der Waals surface area contributed by atoms with Crippen molar-refractivity contribution < 1.29 is 43.2 Å². The van der Waals surface area contributed by atoms with Crippen molar-refractivity contribution in [1.29, 1.82) is 1.43 Å². The molecule has 0 aliphatic carbocycles. The van der Waals surface area contributed by atoms with Crippen molar-refractivity contribution in [3.8, 4) is 5.75 Å². The average molecular weight is 843 g/mol. The molecular formula is C42H67N9O9. The van der Waals surface area contributed by atoms with E-state index in [9.17, 15) is 19.2 Å². The number of aromatic hydroxyl groups is 1. The number of carbonyl (C=O) groups is 4. The van der Waals surface area contributed by atoms with Gasteiger partial charge in [-0.05, 0) is 56.3 Å². The number of aromatic nitrogens is 7. The van der Waals surface area contributed by atoms with E-state index in [0.717, 1.165) is 25.7 Å². The molecule has 0 aliphatic rings. The molecule has 0 fully saturated rings. The van der Waals surface area contributed by atoms with Crippen molar-refractivity contribution in [2.75, 3.05) is 26.3 Å². The lowest BCUT2D eigenvalue weighted by Crippen LogP contribution is -2.26. The first-order chi connectivity index (χ1) is 28.8. The average Bonchev–Trinajstić information content (AvgIpc) is 3.84. The molecule has 2 atom stereocenters. The maximum atomic E-state index is 13.1. The summed E-state index contributed by atoms with van der Waals surface area (Å²) >= 11 is 0. The van der Waals surface area contributed by atoms with E-state index in [4.69, 9.17) is 25.5 Å². The topological polar surface area (TPSA) is 224 Å². The molecule has 0 aromatic carbocycles. The van der Waals surface area contributed by atoms with E-state index < -0.39 is 36.0 Å². The Kier molecular flexibility index (Phi) is 19.0. The van der Waals surface area contributed by atoms with Crippen LogP contribution < -0.4 is 10.6 Å². The maximum absolute atomic E-state index is 13.1. The van der Waals surface area contributed by atoms with Crippen LogP contribution in [0.1, 0.15) is 122 Å². The molecule has 0 saturated heterocycles. The van der Waals surface area contributed by atoms with Crippen molar-refractivity contribution in [2.24, 2.45) is 22.7 Å². The highest BCUT2D eigenvalue weighted by molar-refractivity contribution is 5.73. The third kappa shape index (κ3) is 19.2. The van der Waals surface area contributed by atoms with Crippen LogP contribution in [0.25, 0.3) is 0 Å². The standard InChI is InChI=1S/C42H67N9O9/c1-29(22-33-25-50(48-46-33)18-12-16-43-39(55)57-20-10-14-41(4,5)6)37(53)59-27-32-24-45-31(3)36(52)35(32)28-60-38(54)30(2)23-34-26-51(49-47-34)19-13-17-44-40(56)58-21-11-15-42(7,8)9/h24-26,29-30,52H,10-23,27-28H2,1-9H3,(H,43,55)(H,44,56)/i/hD. The van der Waals surface area contributed by atoms with Crippen molar-refractivity contribution in [3.05, 3.63) is 46.8 Å². The van der Waals surface area contributed by atoms with Crippen LogP contribution in [0.15, 0.2) is 18.6 Å². The summed E-state index contributed by atoms with van der Waals surface area (Å²) in [6.07, 6.45) is 9.47. The number of esters is 2. The molecule has 0 radical (unpaired) electrons. The molecular weight excluding hydrogens is 775 g/mol. The predicted octanol–water partition coefficient (Wildman–Crippen LogP) is 6.01. The number of aryl methyl sites for hydroxylation is 3. The summed E-state index contributed by atoms with van der Waals surface area (Å²) in [4.78, 5) is 54.3. The number of ether oxygens (including phenoxy) is 4. The molecule has 0 aliphatic heterocycles. The zero-order chi connectivity index (χ0) is 45.0. The van der Waals surface area contributed by atoms with Gasteiger partial charge in [0.25, 0.3) is 1.43 Å². The molecule has 2 unspecified atom stereocenters. The highest BCUT2D eigenvalue weighted by Gasteiger charge is 2.22. The molecule has 0 saturated carbocycles. The van der Waals surface area contributed by atoms with Crippen LogP contribution in [0, 0.1) is 29.6 Å². The highest BCUT2D eigenvalue weighted by atomic mass is 16.6. The van der Waals surface area contributed by atoms with Gasteiger partial charge >= 0.3 is 24.1 Å². The van der Waals surface area contributed by atoms with E-state index in [0.29, 0.717) is 80.4 Å². The third-order valence-electron chi connectivity index (χ3n) is 9.42. The number of alkyl carbamates (subject to hydrolysis) is 2. The number of pyridine rings is 1. The summed E-state index contributed by atoms with van der Waals surface area (Å²) in [6.45, 7) is 20.2. The molecule has 3 heterocycles. The molecule has 0 bridgehead atoms. The summed E-state index contributed by atoms with van der Waals surface area (Å²) in [5.74, 6) is -2.01. The summed E-state index contributed by atoms with van der Waals surface area (Å²) in [6, 6.07) is 0. The minimum atomic E-state index is -0.572. The van der Waals surface area contributed by atoms with Gasteiger partial charge in [0.1, 0.15) is 19.0 Å². The molecule has 3 aromatic heterocycles. The Morgan fingerprint density at radius 1 is 0.733 bits per heavy atom. The summed E-state index contributed by atoms with van der Waals surface area (Å²) in [5, 5.41) is 27.0. The Morgan fingerprint density at radius 2 is 1.20 bits per heavy atom. The normalized spacial score (nSPS) is 12.8. The number of carbonyl (C=O) groups excluding carboxylic acids is 4. The molecule has 18 heteroatoms. The minimum absolute atomic E-state index is 0.105. The van der Waals surface area contributed by atoms with Crippen LogP contribution in [-0.2, 0) is 67.7 Å². The lowest BCUT2D eigenvalue weighted by atomic mass is 9.91. The number of hydrogen-bond donors (Lipinski definition) is 3.